The molecule has 0 saturated carbocycles. The molecule has 0 aliphatic heterocycles. The fourth-order valence-corrected chi connectivity index (χ4v) is 2.44. The summed E-state index contributed by atoms with van der Waals surface area (Å²) < 4.78 is 29.5. The minimum atomic E-state index is -3.30. The topological polar surface area (TPSA) is 75.7 Å². The standard InChI is InChI=1S/C17H20N2O4S/c1-19(24(2,21)22)15-8-10-16(11-9-15)23-13-17(20)18-12-14-6-4-3-5-7-14/h3-11H,12-13H2,1-2H3,(H,18,20). The molecule has 2 aromatic rings. The first-order valence-electron chi connectivity index (χ1n) is 7.33. The maximum Gasteiger partial charge on any atom is 0.258 e. The Kier molecular flexibility index (Phi) is 5.81. The quantitative estimate of drug-likeness (QED) is 0.827. The molecule has 0 bridgehead atoms. The maximum absolute atomic E-state index is 11.8. The number of rotatable bonds is 7. The zero-order valence-electron chi connectivity index (χ0n) is 13.6. The van der Waals surface area contributed by atoms with Gasteiger partial charge in [-0.25, -0.2) is 8.42 Å². The van der Waals surface area contributed by atoms with Crippen LogP contribution in [0.1, 0.15) is 5.56 Å². The highest BCUT2D eigenvalue weighted by atomic mass is 32.2. The highest BCUT2D eigenvalue weighted by molar-refractivity contribution is 7.92. The van der Waals surface area contributed by atoms with E-state index in [-0.39, 0.29) is 12.5 Å². The summed E-state index contributed by atoms with van der Waals surface area (Å²) in [5, 5.41) is 2.77. The Morgan fingerprint density at radius 1 is 1.08 bits per heavy atom. The number of hydrogen-bond donors (Lipinski definition) is 1. The summed E-state index contributed by atoms with van der Waals surface area (Å²) in [7, 11) is -1.83. The number of sulfonamides is 1. The second-order valence-electron chi connectivity index (χ2n) is 5.28. The van der Waals surface area contributed by atoms with E-state index in [9.17, 15) is 13.2 Å². The van der Waals surface area contributed by atoms with E-state index >= 15 is 0 Å². The molecule has 2 aromatic carbocycles. The molecule has 0 aromatic heterocycles. The number of nitrogens with zero attached hydrogens (tertiary/aromatic N) is 1. The van der Waals surface area contributed by atoms with Crippen LogP contribution in [0.15, 0.2) is 54.6 Å². The van der Waals surface area contributed by atoms with Crippen LogP contribution < -0.4 is 14.4 Å². The smallest absolute Gasteiger partial charge is 0.258 e. The zero-order valence-corrected chi connectivity index (χ0v) is 14.4. The first kappa shape index (κ1) is 17.8. The van der Waals surface area contributed by atoms with Crippen molar-refractivity contribution in [3.05, 3.63) is 60.2 Å². The Morgan fingerprint density at radius 2 is 1.71 bits per heavy atom. The van der Waals surface area contributed by atoms with Gasteiger partial charge in [-0.1, -0.05) is 30.3 Å². The van der Waals surface area contributed by atoms with Gasteiger partial charge in [0.25, 0.3) is 5.91 Å². The number of carbonyl (C=O) groups is 1. The number of anilines is 1. The number of nitrogens with one attached hydrogen (secondary N) is 1. The van der Waals surface area contributed by atoms with E-state index in [4.69, 9.17) is 4.74 Å². The highest BCUT2D eigenvalue weighted by Crippen LogP contribution is 2.20. The molecular formula is C17H20N2O4S. The first-order chi connectivity index (χ1) is 11.4. The van der Waals surface area contributed by atoms with Crippen molar-refractivity contribution < 1.29 is 17.9 Å². The van der Waals surface area contributed by atoms with Crippen LogP contribution in [0.2, 0.25) is 0 Å². The van der Waals surface area contributed by atoms with E-state index in [1.807, 2.05) is 30.3 Å². The van der Waals surface area contributed by atoms with Gasteiger partial charge < -0.3 is 10.1 Å². The van der Waals surface area contributed by atoms with Gasteiger partial charge in [-0.15, -0.1) is 0 Å². The largest absolute Gasteiger partial charge is 0.484 e. The summed E-state index contributed by atoms with van der Waals surface area (Å²) in [6.07, 6.45) is 1.13. The number of carbonyl (C=O) groups excluding carboxylic acids is 1. The third-order valence-corrected chi connectivity index (χ3v) is 4.61. The number of ether oxygens (including phenoxy) is 1. The molecule has 0 heterocycles. The first-order valence-corrected chi connectivity index (χ1v) is 9.18. The fraction of sp³-hybridized carbons (Fsp3) is 0.235. The molecule has 128 valence electrons. The van der Waals surface area contributed by atoms with Gasteiger partial charge in [0, 0.05) is 13.6 Å². The van der Waals surface area contributed by atoms with Crippen molar-refractivity contribution in [3.8, 4) is 5.75 Å². The molecule has 0 aliphatic carbocycles. The molecule has 6 nitrogen and oxygen atoms in total. The normalized spacial score (nSPS) is 10.9. The molecule has 1 N–H and O–H groups in total. The summed E-state index contributed by atoms with van der Waals surface area (Å²) in [4.78, 5) is 11.8. The molecule has 0 atom stereocenters. The van der Waals surface area contributed by atoms with Crippen molar-refractivity contribution in [1.82, 2.24) is 5.32 Å². The van der Waals surface area contributed by atoms with Gasteiger partial charge in [0.15, 0.2) is 6.61 Å². The third-order valence-electron chi connectivity index (χ3n) is 3.40. The van der Waals surface area contributed by atoms with Crippen LogP contribution in [0.3, 0.4) is 0 Å². The second-order valence-corrected chi connectivity index (χ2v) is 7.29. The zero-order chi connectivity index (χ0) is 17.6. The van der Waals surface area contributed by atoms with E-state index in [1.165, 1.54) is 11.4 Å². The average Bonchev–Trinajstić information content (AvgIpc) is 2.58. The minimum absolute atomic E-state index is 0.103. The summed E-state index contributed by atoms with van der Waals surface area (Å²) >= 11 is 0. The maximum atomic E-state index is 11.8. The predicted molar refractivity (Wildman–Crippen MR) is 93.5 cm³/mol. The lowest BCUT2D eigenvalue weighted by Gasteiger charge is -2.16. The molecule has 24 heavy (non-hydrogen) atoms. The molecule has 0 radical (unpaired) electrons. The molecule has 0 saturated heterocycles. The predicted octanol–water partition coefficient (Wildman–Crippen LogP) is 1.78. The van der Waals surface area contributed by atoms with E-state index < -0.39 is 10.0 Å². The van der Waals surface area contributed by atoms with Gasteiger partial charge in [0.1, 0.15) is 5.75 Å². The minimum Gasteiger partial charge on any atom is -0.484 e. The number of benzene rings is 2. The summed E-state index contributed by atoms with van der Waals surface area (Å²) in [6.45, 7) is 0.342. The lowest BCUT2D eigenvalue weighted by atomic mass is 10.2. The Morgan fingerprint density at radius 3 is 2.29 bits per heavy atom. The van der Waals surface area contributed by atoms with Gasteiger partial charge in [-0.2, -0.15) is 0 Å². The van der Waals surface area contributed by atoms with E-state index in [0.717, 1.165) is 11.8 Å². The van der Waals surface area contributed by atoms with Gasteiger partial charge >= 0.3 is 0 Å². The van der Waals surface area contributed by atoms with Crippen LogP contribution in [0, 0.1) is 0 Å². The van der Waals surface area contributed by atoms with Gasteiger partial charge in [0.2, 0.25) is 10.0 Å². The third kappa shape index (κ3) is 5.27. The van der Waals surface area contributed by atoms with E-state index in [2.05, 4.69) is 5.32 Å². The van der Waals surface area contributed by atoms with Crippen molar-refractivity contribution in [3.63, 3.8) is 0 Å². The summed E-state index contributed by atoms with van der Waals surface area (Å²) in [5.41, 5.74) is 1.54. The van der Waals surface area contributed by atoms with Gasteiger partial charge in [0.05, 0.1) is 11.9 Å². The Hall–Kier alpha value is -2.54. The van der Waals surface area contributed by atoms with Crippen LogP contribution in [-0.4, -0.2) is 34.2 Å². The van der Waals surface area contributed by atoms with Crippen LogP contribution in [0.5, 0.6) is 5.75 Å². The molecule has 0 unspecified atom stereocenters. The Balaban J connectivity index is 1.83. The molecule has 1 amide bonds. The van der Waals surface area contributed by atoms with Crippen LogP contribution in [-0.2, 0) is 21.4 Å². The molecule has 7 heteroatoms. The second kappa shape index (κ2) is 7.83. The molecule has 0 fully saturated rings. The molecular weight excluding hydrogens is 328 g/mol. The SMILES string of the molecule is CN(c1ccc(OCC(=O)NCc2ccccc2)cc1)S(C)(=O)=O. The number of hydrogen-bond acceptors (Lipinski definition) is 4. The molecule has 0 spiro atoms. The van der Waals surface area contributed by atoms with Crippen molar-refractivity contribution in [2.75, 3.05) is 24.2 Å². The van der Waals surface area contributed by atoms with Gasteiger partial charge in [-0.05, 0) is 29.8 Å². The summed E-state index contributed by atoms with van der Waals surface area (Å²) in [5.74, 6) is 0.270. The lowest BCUT2D eigenvalue weighted by molar-refractivity contribution is -0.123. The van der Waals surface area contributed by atoms with Crippen LogP contribution >= 0.6 is 0 Å². The monoisotopic (exact) mass is 348 g/mol. The molecule has 0 aliphatic rings. The van der Waals surface area contributed by atoms with Gasteiger partial charge in [-0.3, -0.25) is 9.10 Å². The van der Waals surface area contributed by atoms with E-state index in [1.54, 1.807) is 24.3 Å². The Bertz CT molecular complexity index is 774. The Labute approximate surface area is 142 Å². The fourth-order valence-electron chi connectivity index (χ4n) is 1.94. The van der Waals surface area contributed by atoms with Crippen molar-refractivity contribution in [2.45, 2.75) is 6.54 Å². The van der Waals surface area contributed by atoms with E-state index in [0.29, 0.717) is 18.0 Å². The van der Waals surface area contributed by atoms with Crippen molar-refractivity contribution in [2.24, 2.45) is 0 Å². The van der Waals surface area contributed by atoms with Crippen molar-refractivity contribution >= 4 is 21.6 Å². The molecule has 2 rings (SSSR count). The average molecular weight is 348 g/mol. The highest BCUT2D eigenvalue weighted by Gasteiger charge is 2.11. The lowest BCUT2D eigenvalue weighted by Crippen LogP contribution is -2.28. The van der Waals surface area contributed by atoms with Crippen LogP contribution in [0.4, 0.5) is 5.69 Å². The number of amides is 1. The summed E-state index contributed by atoms with van der Waals surface area (Å²) in [6, 6.07) is 16.1. The van der Waals surface area contributed by atoms with Crippen LogP contribution in [0.25, 0.3) is 0 Å². The van der Waals surface area contributed by atoms with Crippen molar-refractivity contribution in [1.29, 1.82) is 0 Å².